The van der Waals surface area contributed by atoms with Crippen molar-refractivity contribution in [2.45, 2.75) is 32.2 Å². The summed E-state index contributed by atoms with van der Waals surface area (Å²) in [5.41, 5.74) is 0. The SMILES string of the molecule is CC1(C)OCC(CNC(=O)[C@@H]2C[C@@H]2C(=O)O)O1. The zero-order valence-corrected chi connectivity index (χ0v) is 9.93. The number of rotatable bonds is 4. The van der Waals surface area contributed by atoms with Crippen LogP contribution in [0.4, 0.5) is 0 Å². The number of carboxylic acid groups (broad SMARTS) is 1. The predicted octanol–water partition coefficient (Wildman–Crippen LogP) is -0.0252. The number of amides is 1. The van der Waals surface area contributed by atoms with Gasteiger partial charge in [-0.05, 0) is 20.3 Å². The van der Waals surface area contributed by atoms with Crippen LogP contribution in [0.25, 0.3) is 0 Å². The summed E-state index contributed by atoms with van der Waals surface area (Å²) in [6.07, 6.45) is 0.283. The maximum absolute atomic E-state index is 11.6. The van der Waals surface area contributed by atoms with Crippen molar-refractivity contribution in [2.75, 3.05) is 13.2 Å². The van der Waals surface area contributed by atoms with Gasteiger partial charge in [0.2, 0.25) is 5.91 Å². The summed E-state index contributed by atoms with van der Waals surface area (Å²) < 4.78 is 10.9. The van der Waals surface area contributed by atoms with Crippen molar-refractivity contribution in [3.63, 3.8) is 0 Å². The second-order valence-corrected chi connectivity index (χ2v) is 4.98. The number of aliphatic carboxylic acids is 1. The quantitative estimate of drug-likeness (QED) is 0.724. The molecule has 0 bridgehead atoms. The molecule has 1 saturated heterocycles. The minimum absolute atomic E-state index is 0.157. The highest BCUT2D eigenvalue weighted by Gasteiger charge is 2.48. The molecule has 1 aliphatic heterocycles. The Hall–Kier alpha value is -1.14. The molecule has 2 fully saturated rings. The van der Waals surface area contributed by atoms with Gasteiger partial charge in [-0.1, -0.05) is 0 Å². The first-order chi connectivity index (χ1) is 7.89. The van der Waals surface area contributed by atoms with Crippen LogP contribution in [0.5, 0.6) is 0 Å². The molecule has 3 atom stereocenters. The Morgan fingerprint density at radius 3 is 2.59 bits per heavy atom. The minimum Gasteiger partial charge on any atom is -0.481 e. The molecule has 1 unspecified atom stereocenters. The Morgan fingerprint density at radius 1 is 1.41 bits per heavy atom. The van der Waals surface area contributed by atoms with Gasteiger partial charge in [0, 0.05) is 6.54 Å². The third kappa shape index (κ3) is 2.95. The summed E-state index contributed by atoms with van der Waals surface area (Å²) in [5, 5.41) is 11.4. The highest BCUT2D eigenvalue weighted by Crippen LogP contribution is 2.38. The van der Waals surface area contributed by atoms with Crippen molar-refractivity contribution < 1.29 is 24.2 Å². The molecule has 1 saturated carbocycles. The van der Waals surface area contributed by atoms with Crippen LogP contribution < -0.4 is 5.32 Å². The lowest BCUT2D eigenvalue weighted by Crippen LogP contribution is -2.35. The molecule has 0 aromatic carbocycles. The molecule has 2 aliphatic rings. The smallest absolute Gasteiger partial charge is 0.307 e. The van der Waals surface area contributed by atoms with Gasteiger partial charge in [-0.25, -0.2) is 0 Å². The van der Waals surface area contributed by atoms with Crippen molar-refractivity contribution in [3.05, 3.63) is 0 Å². The number of carboxylic acids is 1. The van der Waals surface area contributed by atoms with E-state index in [0.717, 1.165) is 0 Å². The van der Waals surface area contributed by atoms with Gasteiger partial charge < -0.3 is 19.9 Å². The molecule has 0 radical (unpaired) electrons. The van der Waals surface area contributed by atoms with E-state index in [1.54, 1.807) is 0 Å². The molecule has 96 valence electrons. The van der Waals surface area contributed by atoms with Crippen LogP contribution in [-0.4, -0.2) is 42.0 Å². The molecule has 0 aromatic rings. The number of carbonyl (C=O) groups excluding carboxylic acids is 1. The summed E-state index contributed by atoms with van der Waals surface area (Å²) in [6.45, 7) is 4.44. The fraction of sp³-hybridized carbons (Fsp3) is 0.818. The summed E-state index contributed by atoms with van der Waals surface area (Å²) in [6, 6.07) is 0. The molecule has 1 amide bonds. The van der Waals surface area contributed by atoms with Crippen LogP contribution in [0.2, 0.25) is 0 Å². The normalized spacial score (nSPS) is 34.4. The molecule has 17 heavy (non-hydrogen) atoms. The van der Waals surface area contributed by atoms with Crippen molar-refractivity contribution in [1.29, 1.82) is 0 Å². The van der Waals surface area contributed by atoms with Crippen LogP contribution in [0, 0.1) is 11.8 Å². The number of hydrogen-bond acceptors (Lipinski definition) is 4. The summed E-state index contributed by atoms with van der Waals surface area (Å²) in [7, 11) is 0. The fourth-order valence-corrected chi connectivity index (χ4v) is 1.97. The predicted molar refractivity (Wildman–Crippen MR) is 57.1 cm³/mol. The first kappa shape index (κ1) is 12.3. The zero-order chi connectivity index (χ0) is 12.6. The average Bonchev–Trinajstić information content (AvgIpc) is 2.95. The van der Waals surface area contributed by atoms with Gasteiger partial charge in [-0.2, -0.15) is 0 Å². The van der Waals surface area contributed by atoms with E-state index in [0.29, 0.717) is 19.6 Å². The monoisotopic (exact) mass is 243 g/mol. The Labute approximate surface area is 99.3 Å². The first-order valence-electron chi connectivity index (χ1n) is 5.71. The van der Waals surface area contributed by atoms with Crippen molar-refractivity contribution in [1.82, 2.24) is 5.32 Å². The van der Waals surface area contributed by atoms with Crippen molar-refractivity contribution in [3.8, 4) is 0 Å². The number of ether oxygens (including phenoxy) is 2. The molecule has 0 aromatic heterocycles. The second-order valence-electron chi connectivity index (χ2n) is 4.98. The standard InChI is InChI=1S/C11H17NO5/c1-11(2)16-5-6(17-11)4-12-9(13)7-3-8(7)10(14)15/h6-8H,3-5H2,1-2H3,(H,12,13)(H,14,15)/t6?,7-,8+/m1/s1. The number of hydrogen-bond donors (Lipinski definition) is 2. The lowest BCUT2D eigenvalue weighted by molar-refractivity contribution is -0.141. The van der Waals surface area contributed by atoms with E-state index in [1.807, 2.05) is 13.8 Å². The lowest BCUT2D eigenvalue weighted by atomic mass is 10.3. The molecule has 6 heteroatoms. The largest absolute Gasteiger partial charge is 0.481 e. The Kier molecular flexibility index (Phi) is 3.09. The molecular formula is C11H17NO5. The van der Waals surface area contributed by atoms with E-state index >= 15 is 0 Å². The fourth-order valence-electron chi connectivity index (χ4n) is 1.97. The van der Waals surface area contributed by atoms with E-state index in [4.69, 9.17) is 14.6 Å². The molecule has 2 N–H and O–H groups in total. The maximum atomic E-state index is 11.6. The van der Waals surface area contributed by atoms with Crippen LogP contribution in [0.1, 0.15) is 20.3 Å². The van der Waals surface area contributed by atoms with Crippen molar-refractivity contribution >= 4 is 11.9 Å². The van der Waals surface area contributed by atoms with Gasteiger partial charge in [0.05, 0.1) is 18.4 Å². The van der Waals surface area contributed by atoms with Gasteiger partial charge in [-0.15, -0.1) is 0 Å². The Morgan fingerprint density at radius 2 is 2.12 bits per heavy atom. The molecule has 0 spiro atoms. The number of nitrogens with one attached hydrogen (secondary N) is 1. The van der Waals surface area contributed by atoms with Gasteiger partial charge >= 0.3 is 5.97 Å². The minimum atomic E-state index is -0.897. The van der Waals surface area contributed by atoms with Gasteiger partial charge in [0.25, 0.3) is 0 Å². The third-order valence-corrected chi connectivity index (χ3v) is 3.02. The van der Waals surface area contributed by atoms with E-state index in [9.17, 15) is 9.59 Å². The van der Waals surface area contributed by atoms with E-state index in [-0.39, 0.29) is 17.9 Å². The molecule has 1 heterocycles. The van der Waals surface area contributed by atoms with E-state index in [2.05, 4.69) is 5.32 Å². The first-order valence-corrected chi connectivity index (χ1v) is 5.71. The van der Waals surface area contributed by atoms with E-state index in [1.165, 1.54) is 0 Å². The highest BCUT2D eigenvalue weighted by atomic mass is 16.7. The molecule has 6 nitrogen and oxygen atoms in total. The third-order valence-electron chi connectivity index (χ3n) is 3.02. The Balaban J connectivity index is 1.70. The van der Waals surface area contributed by atoms with E-state index < -0.39 is 17.7 Å². The topological polar surface area (TPSA) is 84.9 Å². The van der Waals surface area contributed by atoms with Crippen LogP contribution >= 0.6 is 0 Å². The zero-order valence-electron chi connectivity index (χ0n) is 9.93. The summed E-state index contributed by atoms with van der Waals surface area (Å²) in [4.78, 5) is 22.2. The van der Waals surface area contributed by atoms with Gasteiger partial charge in [0.1, 0.15) is 6.10 Å². The number of carbonyl (C=O) groups is 2. The Bertz CT molecular complexity index is 341. The maximum Gasteiger partial charge on any atom is 0.307 e. The highest BCUT2D eigenvalue weighted by molar-refractivity contribution is 5.89. The van der Waals surface area contributed by atoms with Gasteiger partial charge in [0.15, 0.2) is 5.79 Å². The molecule has 1 aliphatic carbocycles. The molecule has 2 rings (SSSR count). The van der Waals surface area contributed by atoms with Gasteiger partial charge in [-0.3, -0.25) is 9.59 Å². The van der Waals surface area contributed by atoms with Crippen LogP contribution in [0.15, 0.2) is 0 Å². The van der Waals surface area contributed by atoms with Crippen LogP contribution in [0.3, 0.4) is 0 Å². The average molecular weight is 243 g/mol. The van der Waals surface area contributed by atoms with Crippen LogP contribution in [-0.2, 0) is 19.1 Å². The molecular weight excluding hydrogens is 226 g/mol. The summed E-state index contributed by atoms with van der Waals surface area (Å²) >= 11 is 0. The lowest BCUT2D eigenvalue weighted by Gasteiger charge is -2.17. The van der Waals surface area contributed by atoms with Crippen molar-refractivity contribution in [2.24, 2.45) is 11.8 Å². The second kappa shape index (κ2) is 4.27. The summed E-state index contributed by atoms with van der Waals surface area (Å²) in [5.74, 6) is -2.58.